The molecule has 0 unspecified atom stereocenters. The van der Waals surface area contributed by atoms with Crippen molar-refractivity contribution in [3.63, 3.8) is 0 Å². The Morgan fingerprint density at radius 3 is 2.39 bits per heavy atom. The first kappa shape index (κ1) is 17.0. The number of benzene rings is 2. The summed E-state index contributed by atoms with van der Waals surface area (Å²) in [6, 6.07) is 12.0. The third-order valence-corrected chi connectivity index (χ3v) is 3.47. The summed E-state index contributed by atoms with van der Waals surface area (Å²) in [4.78, 5) is 12.0. The largest absolute Gasteiger partial charge is 0.497 e. The van der Waals surface area contributed by atoms with Crippen LogP contribution in [0.2, 0.25) is 0 Å². The molecule has 0 saturated carbocycles. The molecule has 2 aromatic rings. The molecule has 0 aliphatic heterocycles. The van der Waals surface area contributed by atoms with Crippen LogP contribution >= 0.6 is 0 Å². The number of carbonyl (C=O) groups excluding carboxylic acids is 1. The zero-order valence-electron chi connectivity index (χ0n) is 13.4. The van der Waals surface area contributed by atoms with E-state index >= 15 is 0 Å². The van der Waals surface area contributed by atoms with E-state index in [2.05, 4.69) is 10.6 Å². The fourth-order valence-electron chi connectivity index (χ4n) is 2.20. The first-order valence-corrected chi connectivity index (χ1v) is 7.58. The molecular formula is C18H21FN2O2. The van der Waals surface area contributed by atoms with Gasteiger partial charge in [-0.15, -0.1) is 0 Å². The van der Waals surface area contributed by atoms with Gasteiger partial charge in [0.05, 0.1) is 12.7 Å². The van der Waals surface area contributed by atoms with Gasteiger partial charge in [0.25, 0.3) is 5.91 Å². The summed E-state index contributed by atoms with van der Waals surface area (Å²) < 4.78 is 19.3. The minimum Gasteiger partial charge on any atom is -0.497 e. The summed E-state index contributed by atoms with van der Waals surface area (Å²) in [6.07, 6.45) is 0. The lowest BCUT2D eigenvalue weighted by molar-refractivity contribution is 0.0950. The SMILES string of the molecule is CCNCCNC(=O)c1ccc(-c2ccc(OC)cc2)cc1F. The monoisotopic (exact) mass is 316 g/mol. The van der Waals surface area contributed by atoms with Crippen molar-refractivity contribution in [1.29, 1.82) is 0 Å². The van der Waals surface area contributed by atoms with Crippen LogP contribution in [0.25, 0.3) is 11.1 Å². The summed E-state index contributed by atoms with van der Waals surface area (Å²) in [6.45, 7) is 3.94. The fourth-order valence-corrected chi connectivity index (χ4v) is 2.20. The fraction of sp³-hybridized carbons (Fsp3) is 0.278. The highest BCUT2D eigenvalue weighted by Crippen LogP contribution is 2.24. The van der Waals surface area contributed by atoms with Crippen LogP contribution in [0.5, 0.6) is 5.75 Å². The van der Waals surface area contributed by atoms with Gasteiger partial charge in [0.1, 0.15) is 11.6 Å². The number of nitrogens with one attached hydrogen (secondary N) is 2. The lowest BCUT2D eigenvalue weighted by atomic mass is 10.0. The molecule has 0 heterocycles. The summed E-state index contributed by atoms with van der Waals surface area (Å²) in [5, 5.41) is 5.78. The van der Waals surface area contributed by atoms with Crippen LogP contribution in [0, 0.1) is 5.82 Å². The van der Waals surface area contributed by atoms with Gasteiger partial charge in [0, 0.05) is 13.1 Å². The highest BCUT2D eigenvalue weighted by Gasteiger charge is 2.12. The normalized spacial score (nSPS) is 10.4. The van der Waals surface area contributed by atoms with Crippen LogP contribution < -0.4 is 15.4 Å². The molecule has 5 heteroatoms. The Morgan fingerprint density at radius 2 is 1.78 bits per heavy atom. The van der Waals surface area contributed by atoms with E-state index in [1.165, 1.54) is 12.1 Å². The number of halogens is 1. The Morgan fingerprint density at radius 1 is 1.09 bits per heavy atom. The van der Waals surface area contributed by atoms with Gasteiger partial charge in [-0.1, -0.05) is 25.1 Å². The number of methoxy groups -OCH3 is 1. The van der Waals surface area contributed by atoms with Crippen molar-refractivity contribution in [2.45, 2.75) is 6.92 Å². The molecule has 0 bridgehead atoms. The molecule has 2 rings (SSSR count). The highest BCUT2D eigenvalue weighted by atomic mass is 19.1. The lowest BCUT2D eigenvalue weighted by Crippen LogP contribution is -2.32. The van der Waals surface area contributed by atoms with Crippen LogP contribution in [0.15, 0.2) is 42.5 Å². The maximum Gasteiger partial charge on any atom is 0.254 e. The second-order valence-electron chi connectivity index (χ2n) is 5.03. The molecule has 0 spiro atoms. The predicted octanol–water partition coefficient (Wildman–Crippen LogP) is 2.84. The Bertz CT molecular complexity index is 657. The van der Waals surface area contributed by atoms with E-state index in [0.29, 0.717) is 18.7 Å². The molecule has 0 atom stereocenters. The molecular weight excluding hydrogens is 295 g/mol. The van der Waals surface area contributed by atoms with Gasteiger partial charge in [0.15, 0.2) is 0 Å². The molecule has 23 heavy (non-hydrogen) atoms. The summed E-state index contributed by atoms with van der Waals surface area (Å²) in [5.41, 5.74) is 1.64. The molecule has 122 valence electrons. The van der Waals surface area contributed by atoms with Crippen molar-refractivity contribution in [1.82, 2.24) is 10.6 Å². The van der Waals surface area contributed by atoms with Gasteiger partial charge in [-0.25, -0.2) is 4.39 Å². The second-order valence-corrected chi connectivity index (χ2v) is 5.03. The minimum atomic E-state index is -0.528. The number of hydrogen-bond donors (Lipinski definition) is 2. The van der Waals surface area contributed by atoms with E-state index in [4.69, 9.17) is 4.74 Å². The Kier molecular flexibility index (Phi) is 6.11. The number of hydrogen-bond acceptors (Lipinski definition) is 3. The van der Waals surface area contributed by atoms with Gasteiger partial charge < -0.3 is 15.4 Å². The Balaban J connectivity index is 2.08. The van der Waals surface area contributed by atoms with E-state index in [0.717, 1.165) is 17.9 Å². The highest BCUT2D eigenvalue weighted by molar-refractivity contribution is 5.95. The third kappa shape index (κ3) is 4.53. The molecule has 0 aliphatic carbocycles. The zero-order chi connectivity index (χ0) is 16.7. The standard InChI is InChI=1S/C18H21FN2O2/c1-3-20-10-11-21-18(22)16-9-6-14(12-17(16)19)13-4-7-15(23-2)8-5-13/h4-9,12,20H,3,10-11H2,1-2H3,(H,21,22). The van der Waals surface area contributed by atoms with Crippen LogP contribution in [0.1, 0.15) is 17.3 Å². The first-order valence-electron chi connectivity index (χ1n) is 7.58. The molecule has 0 radical (unpaired) electrons. The Hall–Kier alpha value is -2.40. The van der Waals surface area contributed by atoms with Gasteiger partial charge in [0.2, 0.25) is 0 Å². The van der Waals surface area contributed by atoms with E-state index in [9.17, 15) is 9.18 Å². The average molecular weight is 316 g/mol. The number of likely N-dealkylation sites (N-methyl/N-ethyl adjacent to an activating group) is 1. The molecule has 4 nitrogen and oxygen atoms in total. The van der Waals surface area contributed by atoms with Crippen LogP contribution in [-0.2, 0) is 0 Å². The van der Waals surface area contributed by atoms with Crippen molar-refractivity contribution in [3.05, 3.63) is 53.8 Å². The second kappa shape index (κ2) is 8.29. The quantitative estimate of drug-likeness (QED) is 0.772. The lowest BCUT2D eigenvalue weighted by Gasteiger charge is -2.09. The average Bonchev–Trinajstić information content (AvgIpc) is 2.58. The summed E-state index contributed by atoms with van der Waals surface area (Å²) in [7, 11) is 1.60. The maximum atomic E-state index is 14.2. The zero-order valence-corrected chi connectivity index (χ0v) is 13.4. The molecule has 0 saturated heterocycles. The van der Waals surface area contributed by atoms with Crippen LogP contribution in [0.3, 0.4) is 0 Å². The molecule has 2 N–H and O–H groups in total. The molecule has 0 aliphatic rings. The number of amides is 1. The van der Waals surface area contributed by atoms with Crippen molar-refractivity contribution in [2.75, 3.05) is 26.7 Å². The van der Waals surface area contributed by atoms with Crippen molar-refractivity contribution >= 4 is 5.91 Å². The summed E-state index contributed by atoms with van der Waals surface area (Å²) >= 11 is 0. The van der Waals surface area contributed by atoms with Crippen LogP contribution in [-0.4, -0.2) is 32.7 Å². The summed E-state index contributed by atoms with van der Waals surface area (Å²) in [5.74, 6) is -0.188. The predicted molar refractivity (Wildman–Crippen MR) is 89.3 cm³/mol. The van der Waals surface area contributed by atoms with Crippen LogP contribution in [0.4, 0.5) is 4.39 Å². The third-order valence-electron chi connectivity index (χ3n) is 3.47. The van der Waals surface area contributed by atoms with Crippen molar-refractivity contribution < 1.29 is 13.9 Å². The molecule has 2 aromatic carbocycles. The number of rotatable bonds is 7. The number of carbonyl (C=O) groups is 1. The van der Waals surface area contributed by atoms with E-state index < -0.39 is 11.7 Å². The van der Waals surface area contributed by atoms with Gasteiger partial charge in [-0.3, -0.25) is 4.79 Å². The Labute approximate surface area is 135 Å². The van der Waals surface area contributed by atoms with Gasteiger partial charge in [-0.05, 0) is 41.9 Å². The molecule has 0 aromatic heterocycles. The minimum absolute atomic E-state index is 0.0544. The van der Waals surface area contributed by atoms with Gasteiger partial charge in [-0.2, -0.15) is 0 Å². The van der Waals surface area contributed by atoms with Crippen molar-refractivity contribution in [2.24, 2.45) is 0 Å². The van der Waals surface area contributed by atoms with E-state index in [1.807, 2.05) is 31.2 Å². The maximum absolute atomic E-state index is 14.2. The first-order chi connectivity index (χ1) is 11.2. The molecule has 1 amide bonds. The van der Waals surface area contributed by atoms with Crippen molar-refractivity contribution in [3.8, 4) is 16.9 Å². The van der Waals surface area contributed by atoms with Gasteiger partial charge >= 0.3 is 0 Å². The van der Waals surface area contributed by atoms with E-state index in [1.54, 1.807) is 13.2 Å². The number of ether oxygens (including phenoxy) is 1. The topological polar surface area (TPSA) is 50.4 Å². The smallest absolute Gasteiger partial charge is 0.254 e. The molecule has 0 fully saturated rings. The van der Waals surface area contributed by atoms with E-state index in [-0.39, 0.29) is 5.56 Å².